The molecule has 1 aromatic rings. The van der Waals surface area contributed by atoms with Gasteiger partial charge in [0.15, 0.2) is 14.1 Å². The van der Waals surface area contributed by atoms with Crippen LogP contribution in [0, 0.1) is 6.92 Å². The first-order valence-corrected chi connectivity index (χ1v) is 9.72. The van der Waals surface area contributed by atoms with Gasteiger partial charge in [0.05, 0.1) is 0 Å². The second-order valence-electron chi connectivity index (χ2n) is 5.36. The molecule has 0 radical (unpaired) electrons. The third-order valence-corrected chi connectivity index (χ3v) is 5.77. The number of carbonyl (C=O) groups excluding carboxylic acids is 1. The molecule has 0 aliphatic carbocycles. The molecule has 18 heavy (non-hydrogen) atoms. The van der Waals surface area contributed by atoms with E-state index in [-0.39, 0.29) is 5.78 Å². The molecule has 0 aliphatic rings. The summed E-state index contributed by atoms with van der Waals surface area (Å²) < 4.78 is 5.84. The number of hydrogen-bond acceptors (Lipinski definition) is 2. The molecule has 0 unspecified atom stereocenters. The van der Waals surface area contributed by atoms with Crippen molar-refractivity contribution in [2.24, 2.45) is 0 Å². The van der Waals surface area contributed by atoms with Gasteiger partial charge in [-0.1, -0.05) is 18.2 Å². The number of ketones is 1. The molecule has 0 N–H and O–H groups in total. The van der Waals surface area contributed by atoms with E-state index in [4.69, 9.17) is 4.43 Å². The number of hydrogen-bond donors (Lipinski definition) is 0. The monoisotopic (exact) mass is 264 g/mol. The minimum absolute atomic E-state index is 0.166. The van der Waals surface area contributed by atoms with Gasteiger partial charge in [0.2, 0.25) is 0 Å². The molecule has 1 aromatic carbocycles. The molecule has 0 fully saturated rings. The Kier molecular flexibility index (Phi) is 5.29. The topological polar surface area (TPSA) is 26.3 Å². The summed E-state index contributed by atoms with van der Waals surface area (Å²) in [5, 5.41) is 0. The van der Waals surface area contributed by atoms with Crippen molar-refractivity contribution in [3.05, 3.63) is 34.9 Å². The van der Waals surface area contributed by atoms with Gasteiger partial charge in [0, 0.05) is 12.2 Å². The van der Waals surface area contributed by atoms with E-state index in [1.165, 1.54) is 5.56 Å². The Morgan fingerprint density at radius 2 is 2.00 bits per heavy atom. The third kappa shape index (κ3) is 4.07. The highest BCUT2D eigenvalue weighted by Crippen LogP contribution is 2.21. The van der Waals surface area contributed by atoms with Crippen molar-refractivity contribution < 1.29 is 9.22 Å². The fourth-order valence-corrected chi connectivity index (χ4v) is 4.14. The third-order valence-electron chi connectivity index (χ3n) is 3.24. The number of rotatable bonds is 6. The predicted octanol–water partition coefficient (Wildman–Crippen LogP) is 3.98. The van der Waals surface area contributed by atoms with E-state index in [0.717, 1.165) is 30.2 Å². The smallest absolute Gasteiger partial charge is 0.187 e. The second-order valence-corrected chi connectivity index (χ2v) is 9.67. The summed E-state index contributed by atoms with van der Waals surface area (Å²) in [6.07, 6.45) is 0.940. The van der Waals surface area contributed by atoms with E-state index < -0.39 is 8.32 Å². The summed E-state index contributed by atoms with van der Waals surface area (Å²) in [6, 6.07) is 7.17. The zero-order valence-electron chi connectivity index (χ0n) is 12.2. The first-order chi connectivity index (χ1) is 8.37. The van der Waals surface area contributed by atoms with Crippen molar-refractivity contribution in [2.45, 2.75) is 46.3 Å². The lowest BCUT2D eigenvalue weighted by molar-refractivity contribution is 0.101. The van der Waals surface area contributed by atoms with E-state index in [0.29, 0.717) is 0 Å². The van der Waals surface area contributed by atoms with Crippen molar-refractivity contribution in [3.63, 3.8) is 0 Å². The summed E-state index contributed by atoms with van der Waals surface area (Å²) in [5.41, 5.74) is 3.15. The van der Waals surface area contributed by atoms with Crippen LogP contribution in [-0.4, -0.2) is 20.7 Å². The fourth-order valence-electron chi connectivity index (χ4n) is 2.34. The largest absolute Gasteiger partial charge is 0.418 e. The number of aryl methyl sites for hydroxylation is 2. The Morgan fingerprint density at radius 1 is 1.33 bits per heavy atom. The standard InChI is InChI=1S/C15H24O2Si/c1-6-17-18(4,5)11-10-14-9-7-8-12(2)15(14)13(3)16/h7-9H,6,10-11H2,1-5H3. The zero-order valence-corrected chi connectivity index (χ0v) is 13.2. The quantitative estimate of drug-likeness (QED) is 0.574. The van der Waals surface area contributed by atoms with E-state index in [2.05, 4.69) is 19.2 Å². The molecule has 0 aliphatic heterocycles. The van der Waals surface area contributed by atoms with Crippen LogP contribution in [0.5, 0.6) is 0 Å². The molecule has 0 amide bonds. The molecule has 100 valence electrons. The molecule has 0 saturated carbocycles. The number of carbonyl (C=O) groups is 1. The Labute approximate surface area is 111 Å². The first-order valence-electron chi connectivity index (χ1n) is 6.61. The van der Waals surface area contributed by atoms with E-state index in [9.17, 15) is 4.79 Å². The average Bonchev–Trinajstić information content (AvgIpc) is 2.26. The SMILES string of the molecule is CCO[Si](C)(C)CCc1cccc(C)c1C(C)=O. The van der Waals surface area contributed by atoms with Gasteiger partial charge in [-0.25, -0.2) is 0 Å². The van der Waals surface area contributed by atoms with E-state index in [1.54, 1.807) is 6.92 Å². The Bertz CT molecular complexity index is 425. The maximum atomic E-state index is 11.7. The molecule has 0 saturated heterocycles. The molecule has 1 rings (SSSR count). The zero-order chi connectivity index (χ0) is 13.8. The molecular weight excluding hydrogens is 240 g/mol. The lowest BCUT2D eigenvalue weighted by Crippen LogP contribution is -2.30. The lowest BCUT2D eigenvalue weighted by atomic mass is 9.97. The molecule has 0 atom stereocenters. The molecule has 3 heteroatoms. The second kappa shape index (κ2) is 6.30. The molecule has 0 heterocycles. The van der Waals surface area contributed by atoms with Crippen molar-refractivity contribution in [2.75, 3.05) is 6.61 Å². The number of benzene rings is 1. The van der Waals surface area contributed by atoms with Crippen molar-refractivity contribution in [1.82, 2.24) is 0 Å². The summed E-state index contributed by atoms with van der Waals surface area (Å²) in [6.45, 7) is 11.0. The van der Waals surface area contributed by atoms with E-state index >= 15 is 0 Å². The van der Waals surface area contributed by atoms with Crippen LogP contribution in [0.3, 0.4) is 0 Å². The highest BCUT2D eigenvalue weighted by atomic mass is 28.4. The van der Waals surface area contributed by atoms with Crippen LogP contribution in [0.1, 0.15) is 35.3 Å². The van der Waals surface area contributed by atoms with Crippen LogP contribution in [-0.2, 0) is 10.8 Å². The molecule has 2 nitrogen and oxygen atoms in total. The van der Waals surface area contributed by atoms with Crippen molar-refractivity contribution in [3.8, 4) is 0 Å². The van der Waals surface area contributed by atoms with Crippen molar-refractivity contribution >= 4 is 14.1 Å². The molecule has 0 aromatic heterocycles. The van der Waals surface area contributed by atoms with Gasteiger partial charge in [-0.05, 0) is 57.5 Å². The van der Waals surface area contributed by atoms with Crippen LogP contribution in [0.2, 0.25) is 19.1 Å². The van der Waals surface area contributed by atoms with Crippen molar-refractivity contribution in [1.29, 1.82) is 0 Å². The summed E-state index contributed by atoms with van der Waals surface area (Å²) >= 11 is 0. The molecular formula is C15H24O2Si. The minimum Gasteiger partial charge on any atom is -0.418 e. The lowest BCUT2D eigenvalue weighted by Gasteiger charge is -2.22. The Balaban J connectivity index is 2.85. The first kappa shape index (κ1) is 15.1. The Hall–Kier alpha value is -0.933. The van der Waals surface area contributed by atoms with Gasteiger partial charge in [-0.2, -0.15) is 0 Å². The van der Waals surface area contributed by atoms with Gasteiger partial charge in [-0.3, -0.25) is 4.79 Å². The van der Waals surface area contributed by atoms with Crippen LogP contribution < -0.4 is 0 Å². The van der Waals surface area contributed by atoms with Gasteiger partial charge in [0.25, 0.3) is 0 Å². The highest BCUT2D eigenvalue weighted by molar-refractivity contribution is 6.71. The predicted molar refractivity (Wildman–Crippen MR) is 78.8 cm³/mol. The summed E-state index contributed by atoms with van der Waals surface area (Å²) in [7, 11) is -1.57. The average molecular weight is 264 g/mol. The van der Waals surface area contributed by atoms with Gasteiger partial charge in [0.1, 0.15) is 0 Å². The van der Waals surface area contributed by atoms with E-state index in [1.807, 2.05) is 26.0 Å². The minimum atomic E-state index is -1.57. The van der Waals surface area contributed by atoms with Crippen LogP contribution in [0.25, 0.3) is 0 Å². The molecule has 0 bridgehead atoms. The van der Waals surface area contributed by atoms with Gasteiger partial charge < -0.3 is 4.43 Å². The molecule has 0 spiro atoms. The van der Waals surface area contributed by atoms with Gasteiger partial charge >= 0.3 is 0 Å². The fraction of sp³-hybridized carbons (Fsp3) is 0.533. The highest BCUT2D eigenvalue weighted by Gasteiger charge is 2.22. The van der Waals surface area contributed by atoms with Crippen LogP contribution in [0.15, 0.2) is 18.2 Å². The maximum absolute atomic E-state index is 11.7. The van der Waals surface area contributed by atoms with Crippen LogP contribution >= 0.6 is 0 Å². The maximum Gasteiger partial charge on any atom is 0.187 e. The summed E-state index contributed by atoms with van der Waals surface area (Å²) in [4.78, 5) is 11.7. The number of Topliss-reactive ketones (excluding diaryl/α,β-unsaturated/α-hetero) is 1. The van der Waals surface area contributed by atoms with Crippen LogP contribution in [0.4, 0.5) is 0 Å². The van der Waals surface area contributed by atoms with Gasteiger partial charge in [-0.15, -0.1) is 0 Å². The Morgan fingerprint density at radius 3 is 2.56 bits per heavy atom. The normalized spacial score (nSPS) is 11.6. The summed E-state index contributed by atoms with van der Waals surface area (Å²) in [5.74, 6) is 0.166.